The van der Waals surface area contributed by atoms with Gasteiger partial charge in [0.1, 0.15) is 5.75 Å². The van der Waals surface area contributed by atoms with Crippen LogP contribution in [0.4, 0.5) is 26.3 Å². The molecular formula is C17H12F6O2. The third-order valence-corrected chi connectivity index (χ3v) is 3.29. The van der Waals surface area contributed by atoms with Crippen molar-refractivity contribution in [3.05, 3.63) is 65.7 Å². The van der Waals surface area contributed by atoms with E-state index in [1.54, 1.807) is 30.3 Å². The van der Waals surface area contributed by atoms with Crippen LogP contribution in [0.2, 0.25) is 0 Å². The fourth-order valence-electron chi connectivity index (χ4n) is 1.93. The Balaban J connectivity index is 2.06. The largest absolute Gasteiger partial charge is 0.470 e. The van der Waals surface area contributed by atoms with E-state index < -0.39 is 24.2 Å². The van der Waals surface area contributed by atoms with E-state index in [4.69, 9.17) is 0 Å². The quantitative estimate of drug-likeness (QED) is 0.513. The van der Waals surface area contributed by atoms with Gasteiger partial charge in [0, 0.05) is 12.0 Å². The standard InChI is InChI=1S/C17H12F6O2/c18-15(19)16(20,21)17(22,23)25-13-8-6-11(7-9-13)10-14(24)12-4-2-1-3-5-12/h1-9,15H,10H2. The van der Waals surface area contributed by atoms with Crippen LogP contribution in [0.25, 0.3) is 0 Å². The lowest BCUT2D eigenvalue weighted by Gasteiger charge is -2.25. The Morgan fingerprint density at radius 1 is 0.920 bits per heavy atom. The molecule has 2 aromatic rings. The van der Waals surface area contributed by atoms with Crippen LogP contribution < -0.4 is 4.74 Å². The fraction of sp³-hybridized carbons (Fsp3) is 0.235. The summed E-state index contributed by atoms with van der Waals surface area (Å²) in [5, 5.41) is 0. The molecule has 2 aromatic carbocycles. The number of alkyl halides is 6. The van der Waals surface area contributed by atoms with Crippen LogP contribution >= 0.6 is 0 Å². The molecule has 0 saturated carbocycles. The molecule has 2 rings (SSSR count). The number of ketones is 1. The SMILES string of the molecule is O=C(Cc1ccc(OC(F)(F)C(F)(F)C(F)F)cc1)c1ccccc1. The molecule has 0 heterocycles. The molecule has 0 bridgehead atoms. The van der Waals surface area contributed by atoms with Gasteiger partial charge >= 0.3 is 18.5 Å². The number of halogens is 6. The van der Waals surface area contributed by atoms with Gasteiger partial charge in [0.15, 0.2) is 5.78 Å². The zero-order valence-corrected chi connectivity index (χ0v) is 12.6. The Morgan fingerprint density at radius 3 is 2.00 bits per heavy atom. The lowest BCUT2D eigenvalue weighted by atomic mass is 10.0. The molecule has 0 aliphatic carbocycles. The van der Waals surface area contributed by atoms with Crippen molar-refractivity contribution in [3.8, 4) is 5.75 Å². The molecule has 2 nitrogen and oxygen atoms in total. The smallest absolute Gasteiger partial charge is 0.428 e. The van der Waals surface area contributed by atoms with Crippen LogP contribution in [0.15, 0.2) is 54.6 Å². The summed E-state index contributed by atoms with van der Waals surface area (Å²) in [5.74, 6) is -6.58. The summed E-state index contributed by atoms with van der Waals surface area (Å²) in [6, 6.07) is 12.5. The van der Waals surface area contributed by atoms with Crippen molar-refractivity contribution in [1.29, 1.82) is 0 Å². The third-order valence-electron chi connectivity index (χ3n) is 3.29. The number of hydrogen-bond donors (Lipinski definition) is 0. The van der Waals surface area contributed by atoms with Crippen LogP contribution in [0.1, 0.15) is 15.9 Å². The van der Waals surface area contributed by atoms with Gasteiger partial charge in [-0.1, -0.05) is 42.5 Å². The average molecular weight is 362 g/mol. The molecule has 25 heavy (non-hydrogen) atoms. The number of hydrogen-bond acceptors (Lipinski definition) is 2. The van der Waals surface area contributed by atoms with Gasteiger partial charge in [-0.2, -0.15) is 17.6 Å². The molecular weight excluding hydrogens is 350 g/mol. The van der Waals surface area contributed by atoms with Gasteiger partial charge in [-0.25, -0.2) is 8.78 Å². The molecule has 0 aliphatic heterocycles. The zero-order valence-electron chi connectivity index (χ0n) is 12.6. The van der Waals surface area contributed by atoms with Crippen molar-refractivity contribution < 1.29 is 35.9 Å². The molecule has 8 heteroatoms. The zero-order chi connectivity index (χ0) is 18.7. The van der Waals surface area contributed by atoms with E-state index in [9.17, 15) is 31.1 Å². The molecule has 0 atom stereocenters. The Hall–Kier alpha value is -2.51. The van der Waals surface area contributed by atoms with Crippen molar-refractivity contribution in [1.82, 2.24) is 0 Å². The molecule has 134 valence electrons. The number of rotatable bonds is 7. The van der Waals surface area contributed by atoms with Crippen molar-refractivity contribution in [2.45, 2.75) is 24.9 Å². The first-order valence-corrected chi connectivity index (χ1v) is 7.03. The van der Waals surface area contributed by atoms with Crippen LogP contribution in [0, 0.1) is 0 Å². The molecule has 0 spiro atoms. The molecule has 0 unspecified atom stereocenters. The van der Waals surface area contributed by atoms with Gasteiger partial charge in [0.05, 0.1) is 0 Å². The van der Waals surface area contributed by atoms with E-state index in [-0.39, 0.29) is 12.2 Å². The minimum atomic E-state index is -5.63. The first kappa shape index (κ1) is 18.8. The van der Waals surface area contributed by atoms with Crippen LogP contribution in [0.5, 0.6) is 5.75 Å². The van der Waals surface area contributed by atoms with Crippen molar-refractivity contribution in [2.24, 2.45) is 0 Å². The maximum absolute atomic E-state index is 13.2. The first-order chi connectivity index (χ1) is 11.6. The summed E-state index contributed by atoms with van der Waals surface area (Å²) in [6.45, 7) is 0. The van der Waals surface area contributed by atoms with Crippen LogP contribution in [-0.4, -0.2) is 24.2 Å². The molecule has 0 aliphatic rings. The Kier molecular flexibility index (Phi) is 5.39. The van der Waals surface area contributed by atoms with Gasteiger partial charge in [0.25, 0.3) is 0 Å². The van der Waals surface area contributed by atoms with Crippen LogP contribution in [0.3, 0.4) is 0 Å². The minimum absolute atomic E-state index is 0.0477. The topological polar surface area (TPSA) is 26.3 Å². The minimum Gasteiger partial charge on any atom is -0.428 e. The lowest BCUT2D eigenvalue weighted by molar-refractivity contribution is -0.342. The monoisotopic (exact) mass is 362 g/mol. The predicted molar refractivity (Wildman–Crippen MR) is 77.4 cm³/mol. The fourth-order valence-corrected chi connectivity index (χ4v) is 1.93. The van der Waals surface area contributed by atoms with Gasteiger partial charge in [0.2, 0.25) is 0 Å². The highest BCUT2D eigenvalue weighted by Gasteiger charge is 2.66. The van der Waals surface area contributed by atoms with Gasteiger partial charge in [-0.05, 0) is 17.7 Å². The molecule has 0 saturated heterocycles. The van der Waals surface area contributed by atoms with Crippen LogP contribution in [-0.2, 0) is 6.42 Å². The Bertz CT molecular complexity index is 714. The summed E-state index contributed by atoms with van der Waals surface area (Å²) in [7, 11) is 0. The average Bonchev–Trinajstić information content (AvgIpc) is 2.57. The van der Waals surface area contributed by atoms with E-state index in [2.05, 4.69) is 4.74 Å². The predicted octanol–water partition coefficient (Wildman–Crippen LogP) is 4.98. The summed E-state index contributed by atoms with van der Waals surface area (Å²) in [4.78, 5) is 12.0. The Labute approximate surface area is 139 Å². The second kappa shape index (κ2) is 7.16. The van der Waals surface area contributed by atoms with E-state index in [1.807, 2.05) is 0 Å². The summed E-state index contributed by atoms with van der Waals surface area (Å²) < 4.78 is 79.7. The number of carbonyl (C=O) groups excluding carboxylic acids is 1. The van der Waals surface area contributed by atoms with E-state index in [0.29, 0.717) is 11.1 Å². The maximum atomic E-state index is 13.2. The lowest BCUT2D eigenvalue weighted by Crippen LogP contribution is -2.50. The molecule has 0 N–H and O–H groups in total. The summed E-state index contributed by atoms with van der Waals surface area (Å²) >= 11 is 0. The van der Waals surface area contributed by atoms with E-state index in [0.717, 1.165) is 12.1 Å². The number of ether oxygens (including phenoxy) is 1. The molecule has 0 radical (unpaired) electrons. The third kappa shape index (κ3) is 4.32. The second-order valence-electron chi connectivity index (χ2n) is 5.15. The van der Waals surface area contributed by atoms with E-state index >= 15 is 0 Å². The number of benzene rings is 2. The van der Waals surface area contributed by atoms with Gasteiger partial charge < -0.3 is 4.74 Å². The first-order valence-electron chi connectivity index (χ1n) is 7.03. The second-order valence-corrected chi connectivity index (χ2v) is 5.15. The highest BCUT2D eigenvalue weighted by molar-refractivity contribution is 5.97. The summed E-state index contributed by atoms with van der Waals surface area (Å²) in [6.07, 6.45) is -10.00. The molecule has 0 fully saturated rings. The van der Waals surface area contributed by atoms with Gasteiger partial charge in [-0.3, -0.25) is 4.79 Å². The highest BCUT2D eigenvalue weighted by Crippen LogP contribution is 2.40. The van der Waals surface area contributed by atoms with E-state index in [1.165, 1.54) is 12.1 Å². The van der Waals surface area contributed by atoms with Gasteiger partial charge in [-0.15, -0.1) is 0 Å². The van der Waals surface area contributed by atoms with Crippen molar-refractivity contribution in [3.63, 3.8) is 0 Å². The number of Topliss-reactive ketones (excluding diaryl/α,β-unsaturated/α-hetero) is 1. The summed E-state index contributed by atoms with van der Waals surface area (Å²) in [5.41, 5.74) is 0.871. The highest BCUT2D eigenvalue weighted by atomic mass is 19.3. The van der Waals surface area contributed by atoms with Crippen molar-refractivity contribution >= 4 is 5.78 Å². The maximum Gasteiger partial charge on any atom is 0.470 e. The number of carbonyl (C=O) groups is 1. The molecule has 0 amide bonds. The normalized spacial score (nSPS) is 12.3. The molecule has 0 aromatic heterocycles. The van der Waals surface area contributed by atoms with Crippen molar-refractivity contribution in [2.75, 3.05) is 0 Å². The Morgan fingerprint density at radius 2 is 1.48 bits per heavy atom.